The Morgan fingerprint density at radius 3 is 2.65 bits per heavy atom. The van der Waals surface area contributed by atoms with E-state index < -0.39 is 3.78 Å². The van der Waals surface area contributed by atoms with E-state index in [9.17, 15) is 0 Å². The molecule has 0 aromatic heterocycles. The van der Waals surface area contributed by atoms with Gasteiger partial charge in [-0.1, -0.05) is 80.4 Å². The highest BCUT2D eigenvalue weighted by atomic mass is 79.9. The molecule has 4 atom stereocenters. The highest BCUT2D eigenvalue weighted by Gasteiger charge is 2.47. The van der Waals surface area contributed by atoms with Gasteiger partial charge in [-0.2, -0.15) is 0 Å². The average molecular weight is 375 g/mol. The van der Waals surface area contributed by atoms with E-state index >= 15 is 0 Å². The van der Waals surface area contributed by atoms with Gasteiger partial charge in [0.05, 0.1) is 0 Å². The first-order valence-electron chi connectivity index (χ1n) is 5.58. The third kappa shape index (κ3) is 1.76. The minimum absolute atomic E-state index is 0.272. The van der Waals surface area contributed by atoms with Crippen LogP contribution in [-0.4, -0.2) is 0 Å². The SMILES string of the molecule is ClC1(Br)c2ccccc2C(Br)C2C=CC=CC21. The molecule has 4 unspecified atom stereocenters. The second-order valence-corrected chi connectivity index (χ2v) is 7.77. The smallest absolute Gasteiger partial charge is 0.101 e. The number of hydrogen-bond donors (Lipinski definition) is 0. The van der Waals surface area contributed by atoms with Gasteiger partial charge in [0.1, 0.15) is 3.78 Å². The predicted octanol–water partition coefficient (Wildman–Crippen LogP) is 5.28. The normalized spacial score (nSPS) is 38.6. The molecule has 0 saturated carbocycles. The number of rotatable bonds is 0. The van der Waals surface area contributed by atoms with Gasteiger partial charge in [0.15, 0.2) is 0 Å². The van der Waals surface area contributed by atoms with Crippen molar-refractivity contribution < 1.29 is 0 Å². The molecule has 3 heteroatoms. The Morgan fingerprint density at radius 1 is 1.12 bits per heavy atom. The van der Waals surface area contributed by atoms with Gasteiger partial charge in [0.2, 0.25) is 0 Å². The first-order chi connectivity index (χ1) is 8.12. The Morgan fingerprint density at radius 2 is 1.82 bits per heavy atom. The van der Waals surface area contributed by atoms with Crippen LogP contribution in [0.15, 0.2) is 48.6 Å². The van der Waals surface area contributed by atoms with Crippen LogP contribution < -0.4 is 0 Å². The fourth-order valence-electron chi connectivity index (χ4n) is 2.69. The molecule has 0 spiro atoms. The highest BCUT2D eigenvalue weighted by Crippen LogP contribution is 2.58. The molecule has 2 aliphatic carbocycles. The molecule has 0 N–H and O–H groups in total. The molecule has 1 aromatic rings. The maximum Gasteiger partial charge on any atom is 0.131 e. The molecular weight excluding hydrogens is 363 g/mol. The molecule has 88 valence electrons. The largest absolute Gasteiger partial charge is 0.131 e. The van der Waals surface area contributed by atoms with Crippen molar-refractivity contribution >= 4 is 43.5 Å². The lowest BCUT2D eigenvalue weighted by molar-refractivity contribution is 0.405. The van der Waals surface area contributed by atoms with E-state index in [0.717, 1.165) is 0 Å². The summed E-state index contributed by atoms with van der Waals surface area (Å²) in [6.07, 6.45) is 8.60. The number of alkyl halides is 3. The number of hydrogen-bond acceptors (Lipinski definition) is 0. The summed E-state index contributed by atoms with van der Waals surface area (Å²) < 4.78 is -0.500. The van der Waals surface area contributed by atoms with Gasteiger partial charge in [-0.05, 0) is 11.1 Å². The zero-order chi connectivity index (χ0) is 12.0. The van der Waals surface area contributed by atoms with E-state index in [-0.39, 0.29) is 5.92 Å². The van der Waals surface area contributed by atoms with Crippen LogP contribution in [0.3, 0.4) is 0 Å². The molecule has 2 aliphatic rings. The van der Waals surface area contributed by atoms with Crippen LogP contribution in [-0.2, 0) is 3.78 Å². The summed E-state index contributed by atoms with van der Waals surface area (Å²) in [6.45, 7) is 0. The van der Waals surface area contributed by atoms with Crippen LogP contribution >= 0.6 is 43.5 Å². The summed E-state index contributed by atoms with van der Waals surface area (Å²) in [7, 11) is 0. The van der Waals surface area contributed by atoms with Crippen LogP contribution in [0.4, 0.5) is 0 Å². The minimum atomic E-state index is -0.500. The fourth-order valence-corrected chi connectivity index (χ4v) is 4.81. The van der Waals surface area contributed by atoms with Crippen molar-refractivity contribution in [1.29, 1.82) is 0 Å². The molecule has 0 heterocycles. The summed E-state index contributed by atoms with van der Waals surface area (Å²) >= 11 is 14.3. The monoisotopic (exact) mass is 372 g/mol. The molecule has 0 fully saturated rings. The molecule has 17 heavy (non-hydrogen) atoms. The van der Waals surface area contributed by atoms with Crippen molar-refractivity contribution in [3.05, 3.63) is 59.7 Å². The summed E-state index contributed by atoms with van der Waals surface area (Å²) in [5.74, 6) is 0.667. The summed E-state index contributed by atoms with van der Waals surface area (Å²) in [5, 5.41) is 0. The van der Waals surface area contributed by atoms with Gasteiger partial charge in [0.25, 0.3) is 0 Å². The van der Waals surface area contributed by atoms with Crippen molar-refractivity contribution in [2.24, 2.45) is 11.8 Å². The van der Waals surface area contributed by atoms with Crippen molar-refractivity contribution in [1.82, 2.24) is 0 Å². The topological polar surface area (TPSA) is 0 Å². The maximum atomic E-state index is 6.75. The Kier molecular flexibility index (Phi) is 3.00. The van der Waals surface area contributed by atoms with E-state index in [0.29, 0.717) is 10.7 Å². The lowest BCUT2D eigenvalue weighted by Gasteiger charge is -2.43. The van der Waals surface area contributed by atoms with Crippen molar-refractivity contribution in [2.45, 2.75) is 8.61 Å². The number of benzene rings is 1. The number of allylic oxidation sites excluding steroid dienone is 4. The van der Waals surface area contributed by atoms with Gasteiger partial charge in [-0.3, -0.25) is 0 Å². The highest BCUT2D eigenvalue weighted by molar-refractivity contribution is 9.10. The molecule has 1 aromatic carbocycles. The van der Waals surface area contributed by atoms with Gasteiger partial charge in [-0.25, -0.2) is 0 Å². The van der Waals surface area contributed by atoms with E-state index in [1.54, 1.807) is 0 Å². The second kappa shape index (κ2) is 4.25. The van der Waals surface area contributed by atoms with Crippen molar-refractivity contribution in [3.8, 4) is 0 Å². The lowest BCUT2D eigenvalue weighted by Crippen LogP contribution is -2.36. The molecule has 3 rings (SSSR count). The Hall–Kier alpha value is -0.0500. The molecule has 0 saturated heterocycles. The number of halogens is 3. The van der Waals surface area contributed by atoms with Crippen LogP contribution in [0, 0.1) is 11.8 Å². The van der Waals surface area contributed by atoms with E-state index in [4.69, 9.17) is 11.6 Å². The van der Waals surface area contributed by atoms with Crippen molar-refractivity contribution in [3.63, 3.8) is 0 Å². The summed E-state index contributed by atoms with van der Waals surface area (Å²) in [4.78, 5) is 0.328. The fraction of sp³-hybridized carbons (Fsp3) is 0.286. The quantitative estimate of drug-likeness (QED) is 0.542. The van der Waals surface area contributed by atoms with Gasteiger partial charge >= 0.3 is 0 Å². The standard InChI is InChI=1S/C14H11Br2Cl/c15-13-9-5-1-3-7-11(9)14(16,17)12-8-4-2-6-10(12)13/h1-9,11,13H. The summed E-state index contributed by atoms with van der Waals surface area (Å²) in [5.41, 5.74) is 2.45. The Bertz CT molecular complexity index is 505. The van der Waals surface area contributed by atoms with E-state index in [2.05, 4.69) is 74.4 Å². The van der Waals surface area contributed by atoms with Crippen LogP contribution in [0.1, 0.15) is 16.0 Å². The number of fused-ring (bicyclic) bond motifs is 2. The molecule has 0 bridgehead atoms. The first-order valence-corrected chi connectivity index (χ1v) is 7.67. The third-order valence-electron chi connectivity index (χ3n) is 3.55. The van der Waals surface area contributed by atoms with Crippen LogP contribution in [0.2, 0.25) is 0 Å². The average Bonchev–Trinajstić information content (AvgIpc) is 2.37. The minimum Gasteiger partial charge on any atom is -0.101 e. The Labute approximate surface area is 123 Å². The van der Waals surface area contributed by atoms with E-state index in [1.165, 1.54) is 11.1 Å². The van der Waals surface area contributed by atoms with Crippen LogP contribution in [0.25, 0.3) is 0 Å². The van der Waals surface area contributed by atoms with Gasteiger partial charge in [0, 0.05) is 16.7 Å². The molecule has 0 aliphatic heterocycles. The first kappa shape index (κ1) is 12.0. The maximum absolute atomic E-state index is 6.75. The predicted molar refractivity (Wildman–Crippen MR) is 79.8 cm³/mol. The molecule has 0 amide bonds. The van der Waals surface area contributed by atoms with Gasteiger partial charge in [-0.15, -0.1) is 11.6 Å². The zero-order valence-corrected chi connectivity index (χ0v) is 12.9. The Balaban J connectivity index is 2.21. The third-order valence-corrected chi connectivity index (χ3v) is 6.07. The molecular formula is C14H11Br2Cl. The zero-order valence-electron chi connectivity index (χ0n) is 8.98. The molecule has 0 radical (unpaired) electrons. The van der Waals surface area contributed by atoms with Gasteiger partial charge < -0.3 is 0 Å². The lowest BCUT2D eigenvalue weighted by atomic mass is 9.73. The second-order valence-electron chi connectivity index (χ2n) is 4.48. The van der Waals surface area contributed by atoms with Crippen molar-refractivity contribution in [2.75, 3.05) is 0 Å². The molecule has 0 nitrogen and oxygen atoms in total. The summed E-state index contributed by atoms with van der Waals surface area (Å²) in [6, 6.07) is 8.36. The van der Waals surface area contributed by atoms with E-state index in [1.807, 2.05) is 6.07 Å². The van der Waals surface area contributed by atoms with Crippen LogP contribution in [0.5, 0.6) is 0 Å².